The van der Waals surface area contributed by atoms with Crippen molar-refractivity contribution >= 4 is 31.7 Å². The summed E-state index contributed by atoms with van der Waals surface area (Å²) in [6, 6.07) is 26.3. The Bertz CT molecular complexity index is 1750. The Kier molecular flexibility index (Phi) is 6.47. The quantitative estimate of drug-likeness (QED) is 0.229. The van der Waals surface area contributed by atoms with Crippen molar-refractivity contribution in [3.8, 4) is 0 Å². The number of piperidine rings is 1. The molecular weight excluding hydrogens is 521 g/mol. The van der Waals surface area contributed by atoms with E-state index >= 15 is 0 Å². The van der Waals surface area contributed by atoms with Crippen LogP contribution in [0.4, 0.5) is 13.2 Å². The normalized spacial score (nSPS) is 15.8. The number of para-hydroxylation sites is 1. The number of alkyl halides is 3. The second-order valence-corrected chi connectivity index (χ2v) is 12.0. The van der Waals surface area contributed by atoms with Crippen molar-refractivity contribution in [2.24, 2.45) is 0 Å². The van der Waals surface area contributed by atoms with Gasteiger partial charge in [-0.1, -0.05) is 60.7 Å². The lowest BCUT2D eigenvalue weighted by atomic mass is 9.90. The lowest BCUT2D eigenvalue weighted by Crippen LogP contribution is -2.37. The molecule has 1 fully saturated rings. The van der Waals surface area contributed by atoms with Gasteiger partial charge in [0.25, 0.3) is 0 Å². The lowest BCUT2D eigenvalue weighted by Gasteiger charge is -2.31. The van der Waals surface area contributed by atoms with E-state index in [4.69, 9.17) is 0 Å². The molecule has 200 valence electrons. The molecule has 0 saturated carbocycles. The molecule has 1 saturated heterocycles. The standard InChI is InChI=1S/C31H27F3N2O2S/c32-31(33,34)26-12-9-22(10-13-26)20-35-21-29(28-7-3-4-8-30(28)35)24-15-17-36(18-16-24)39(37,38)27-14-11-23-5-1-2-6-25(23)19-27/h1-14,19,21,24H,15-18,20H2. The smallest absolute Gasteiger partial charge is 0.343 e. The van der Waals surface area contributed by atoms with Gasteiger partial charge in [0.2, 0.25) is 10.0 Å². The summed E-state index contributed by atoms with van der Waals surface area (Å²) in [5.74, 6) is 0.187. The maximum Gasteiger partial charge on any atom is 0.416 e. The van der Waals surface area contributed by atoms with Crippen LogP contribution in [0.3, 0.4) is 0 Å². The zero-order chi connectivity index (χ0) is 27.2. The first-order chi connectivity index (χ1) is 18.7. The molecule has 0 bridgehead atoms. The van der Waals surface area contributed by atoms with Gasteiger partial charge in [0, 0.05) is 36.7 Å². The minimum Gasteiger partial charge on any atom is -0.343 e. The van der Waals surface area contributed by atoms with Gasteiger partial charge >= 0.3 is 6.18 Å². The molecule has 5 aromatic rings. The van der Waals surface area contributed by atoms with E-state index in [1.807, 2.05) is 48.5 Å². The van der Waals surface area contributed by atoms with Crippen molar-refractivity contribution in [2.75, 3.05) is 13.1 Å². The average molecular weight is 549 g/mol. The van der Waals surface area contributed by atoms with E-state index in [1.54, 1.807) is 16.4 Å². The summed E-state index contributed by atoms with van der Waals surface area (Å²) in [6.45, 7) is 1.31. The van der Waals surface area contributed by atoms with E-state index in [1.165, 1.54) is 12.1 Å². The summed E-state index contributed by atoms with van der Waals surface area (Å²) in [4.78, 5) is 0.313. The number of nitrogens with zero attached hydrogens (tertiary/aromatic N) is 2. The van der Waals surface area contributed by atoms with E-state index in [0.717, 1.165) is 44.9 Å². The number of rotatable bonds is 5. The zero-order valence-electron chi connectivity index (χ0n) is 21.1. The van der Waals surface area contributed by atoms with Crippen molar-refractivity contribution < 1.29 is 21.6 Å². The molecule has 1 aromatic heterocycles. The van der Waals surface area contributed by atoms with Crippen LogP contribution in [0.5, 0.6) is 0 Å². The van der Waals surface area contributed by atoms with Gasteiger partial charge in [0.1, 0.15) is 0 Å². The van der Waals surface area contributed by atoms with Crippen molar-refractivity contribution in [3.05, 3.63) is 114 Å². The van der Waals surface area contributed by atoms with Gasteiger partial charge in [-0.15, -0.1) is 0 Å². The van der Waals surface area contributed by atoms with Crippen LogP contribution in [0.2, 0.25) is 0 Å². The van der Waals surface area contributed by atoms with Crippen molar-refractivity contribution in [2.45, 2.75) is 36.4 Å². The highest BCUT2D eigenvalue weighted by atomic mass is 32.2. The van der Waals surface area contributed by atoms with E-state index in [9.17, 15) is 21.6 Å². The molecule has 8 heteroatoms. The van der Waals surface area contributed by atoms with Gasteiger partial charge in [-0.25, -0.2) is 8.42 Å². The first kappa shape index (κ1) is 25.6. The van der Waals surface area contributed by atoms with Gasteiger partial charge in [0.05, 0.1) is 10.5 Å². The van der Waals surface area contributed by atoms with E-state index in [0.29, 0.717) is 37.4 Å². The third-order valence-electron chi connectivity index (χ3n) is 7.71. The fourth-order valence-electron chi connectivity index (χ4n) is 5.61. The first-order valence-electron chi connectivity index (χ1n) is 12.9. The first-order valence-corrected chi connectivity index (χ1v) is 14.4. The molecule has 0 N–H and O–H groups in total. The molecule has 0 radical (unpaired) electrons. The molecule has 6 rings (SSSR count). The molecular formula is C31H27F3N2O2S. The van der Waals surface area contributed by atoms with Crippen LogP contribution in [0, 0.1) is 0 Å². The predicted molar refractivity (Wildman–Crippen MR) is 147 cm³/mol. The summed E-state index contributed by atoms with van der Waals surface area (Å²) in [6.07, 6.45) is -0.884. The molecule has 4 nitrogen and oxygen atoms in total. The largest absolute Gasteiger partial charge is 0.416 e. The van der Waals surface area contributed by atoms with Crippen LogP contribution in [0.15, 0.2) is 102 Å². The maximum absolute atomic E-state index is 13.4. The second kappa shape index (κ2) is 9.84. The number of fused-ring (bicyclic) bond motifs is 2. The molecule has 0 aliphatic carbocycles. The van der Waals surface area contributed by atoms with Crippen LogP contribution in [0.1, 0.15) is 35.4 Å². The van der Waals surface area contributed by atoms with E-state index < -0.39 is 21.8 Å². The summed E-state index contributed by atoms with van der Waals surface area (Å²) >= 11 is 0. The second-order valence-electron chi connectivity index (χ2n) is 10.1. The molecule has 2 heterocycles. The Balaban J connectivity index is 1.22. The number of sulfonamides is 1. The highest BCUT2D eigenvalue weighted by Gasteiger charge is 2.32. The topological polar surface area (TPSA) is 42.3 Å². The summed E-state index contributed by atoms with van der Waals surface area (Å²) in [7, 11) is -3.60. The molecule has 1 aliphatic rings. The molecule has 0 atom stereocenters. The Morgan fingerprint density at radius 3 is 2.18 bits per heavy atom. The maximum atomic E-state index is 13.4. The van der Waals surface area contributed by atoms with Crippen molar-refractivity contribution in [1.82, 2.24) is 8.87 Å². The number of hydrogen-bond acceptors (Lipinski definition) is 2. The van der Waals surface area contributed by atoms with Crippen LogP contribution in [0.25, 0.3) is 21.7 Å². The number of benzene rings is 4. The van der Waals surface area contributed by atoms with Gasteiger partial charge < -0.3 is 4.57 Å². The van der Waals surface area contributed by atoms with Gasteiger partial charge in [-0.3, -0.25) is 0 Å². The van der Waals surface area contributed by atoms with Crippen LogP contribution in [-0.2, 0) is 22.7 Å². The molecule has 39 heavy (non-hydrogen) atoms. The van der Waals surface area contributed by atoms with Crippen LogP contribution in [-0.4, -0.2) is 30.4 Å². The monoisotopic (exact) mass is 548 g/mol. The summed E-state index contributed by atoms with van der Waals surface area (Å²) in [5.41, 5.74) is 2.29. The number of aromatic nitrogens is 1. The SMILES string of the molecule is O=S(=O)(c1ccc2ccccc2c1)N1CCC(c2cn(Cc3ccc(C(F)(F)F)cc3)c3ccccc23)CC1. The van der Waals surface area contributed by atoms with Crippen molar-refractivity contribution in [3.63, 3.8) is 0 Å². The third kappa shape index (κ3) is 4.94. The summed E-state index contributed by atoms with van der Waals surface area (Å²) < 4.78 is 69.4. The molecule has 0 amide bonds. The third-order valence-corrected chi connectivity index (χ3v) is 9.60. The van der Waals surface area contributed by atoms with Gasteiger partial charge in [-0.2, -0.15) is 17.5 Å². The molecule has 4 aromatic carbocycles. The molecule has 1 aliphatic heterocycles. The fourth-order valence-corrected chi connectivity index (χ4v) is 7.12. The Labute approximate surface area is 225 Å². The zero-order valence-corrected chi connectivity index (χ0v) is 21.9. The molecule has 0 spiro atoms. The average Bonchev–Trinajstić information content (AvgIpc) is 3.31. The summed E-state index contributed by atoms with van der Waals surface area (Å²) in [5, 5.41) is 3.00. The van der Waals surface area contributed by atoms with E-state index in [-0.39, 0.29) is 5.92 Å². The fraction of sp³-hybridized carbons (Fsp3) is 0.226. The lowest BCUT2D eigenvalue weighted by molar-refractivity contribution is -0.137. The Morgan fingerprint density at radius 2 is 1.46 bits per heavy atom. The van der Waals surface area contributed by atoms with Gasteiger partial charge in [0.15, 0.2) is 0 Å². The van der Waals surface area contributed by atoms with E-state index in [2.05, 4.69) is 16.8 Å². The number of halogens is 3. The van der Waals surface area contributed by atoms with Crippen LogP contribution < -0.4 is 0 Å². The Hall–Kier alpha value is -3.62. The van der Waals surface area contributed by atoms with Gasteiger partial charge in [-0.05, 0) is 71.0 Å². The van der Waals surface area contributed by atoms with Crippen LogP contribution >= 0.6 is 0 Å². The Morgan fingerprint density at radius 1 is 0.795 bits per heavy atom. The van der Waals surface area contributed by atoms with Crippen molar-refractivity contribution in [1.29, 1.82) is 0 Å². The molecule has 0 unspecified atom stereocenters. The highest BCUT2D eigenvalue weighted by Crippen LogP contribution is 2.37. The minimum atomic E-state index is -4.36. The highest BCUT2D eigenvalue weighted by molar-refractivity contribution is 7.89. The predicted octanol–water partition coefficient (Wildman–Crippen LogP) is 7.43. The number of hydrogen-bond donors (Lipinski definition) is 0. The minimum absolute atomic E-state index is 0.187.